The topological polar surface area (TPSA) is 70.5 Å². The fraction of sp³-hybridized carbons (Fsp3) is 0.625. The molecule has 2 fully saturated rings. The molecule has 0 spiro atoms. The molecule has 0 radical (unpaired) electrons. The summed E-state index contributed by atoms with van der Waals surface area (Å²) in [6.45, 7) is 7.97. The molecule has 4 heterocycles. The Morgan fingerprint density at radius 1 is 1.16 bits per heavy atom. The SMILES string of the molecule is CC(C)C(=O)Nc1ccc2c(c1)nc1n2CC(=O)N(C[C@@H]2CCCN3CCCC[C@H]23)C1. The van der Waals surface area contributed by atoms with Crippen molar-refractivity contribution in [2.45, 2.75) is 65.1 Å². The quantitative estimate of drug-likeness (QED) is 0.820. The number of carbonyl (C=O) groups excluding carboxylic acids is 2. The van der Waals surface area contributed by atoms with E-state index in [0.29, 0.717) is 25.0 Å². The molecule has 2 aromatic rings. The molecule has 2 atom stereocenters. The number of imidazole rings is 1. The molecule has 2 amide bonds. The summed E-state index contributed by atoms with van der Waals surface area (Å²) in [4.78, 5) is 34.6. The van der Waals surface area contributed by atoms with Crippen molar-refractivity contribution in [1.29, 1.82) is 0 Å². The third-order valence-corrected chi connectivity index (χ3v) is 7.28. The molecule has 7 heteroatoms. The van der Waals surface area contributed by atoms with Crippen molar-refractivity contribution in [2.24, 2.45) is 11.8 Å². The van der Waals surface area contributed by atoms with Crippen LogP contribution in [0.3, 0.4) is 0 Å². The minimum atomic E-state index is -0.0723. The van der Waals surface area contributed by atoms with Gasteiger partial charge in [0.1, 0.15) is 12.4 Å². The van der Waals surface area contributed by atoms with Gasteiger partial charge in [0.2, 0.25) is 11.8 Å². The number of rotatable bonds is 4. The number of carbonyl (C=O) groups is 2. The maximum Gasteiger partial charge on any atom is 0.242 e. The molecule has 7 nitrogen and oxygen atoms in total. The van der Waals surface area contributed by atoms with Crippen LogP contribution in [0.25, 0.3) is 11.0 Å². The van der Waals surface area contributed by atoms with Crippen molar-refractivity contribution in [2.75, 3.05) is 25.0 Å². The van der Waals surface area contributed by atoms with Crippen LogP contribution in [0.1, 0.15) is 51.8 Å². The van der Waals surface area contributed by atoms with Gasteiger partial charge in [-0.15, -0.1) is 0 Å². The van der Waals surface area contributed by atoms with E-state index >= 15 is 0 Å². The lowest BCUT2D eigenvalue weighted by Crippen LogP contribution is -2.52. The van der Waals surface area contributed by atoms with Gasteiger partial charge >= 0.3 is 0 Å². The Morgan fingerprint density at radius 3 is 2.84 bits per heavy atom. The van der Waals surface area contributed by atoms with E-state index in [1.54, 1.807) is 0 Å². The molecule has 0 saturated carbocycles. The van der Waals surface area contributed by atoms with Gasteiger partial charge in [-0.2, -0.15) is 0 Å². The lowest BCUT2D eigenvalue weighted by Gasteiger charge is -2.46. The minimum Gasteiger partial charge on any atom is -0.333 e. The molecule has 2 saturated heterocycles. The predicted octanol–water partition coefficient (Wildman–Crippen LogP) is 3.24. The fourth-order valence-corrected chi connectivity index (χ4v) is 5.57. The van der Waals surface area contributed by atoms with Gasteiger partial charge in [-0.3, -0.25) is 9.59 Å². The highest BCUT2D eigenvalue weighted by atomic mass is 16.2. The molecule has 166 valence electrons. The van der Waals surface area contributed by atoms with Crippen LogP contribution < -0.4 is 5.32 Å². The summed E-state index contributed by atoms with van der Waals surface area (Å²) in [7, 11) is 0. The molecular weight excluding hydrogens is 390 g/mol. The number of hydrogen-bond donors (Lipinski definition) is 1. The van der Waals surface area contributed by atoms with Gasteiger partial charge in [-0.05, 0) is 62.9 Å². The van der Waals surface area contributed by atoms with Crippen molar-refractivity contribution < 1.29 is 9.59 Å². The smallest absolute Gasteiger partial charge is 0.242 e. The average Bonchev–Trinajstić information content (AvgIpc) is 3.10. The van der Waals surface area contributed by atoms with Gasteiger partial charge in [0.15, 0.2) is 0 Å². The number of nitrogens with zero attached hydrogens (tertiary/aromatic N) is 4. The molecule has 1 N–H and O–H groups in total. The van der Waals surface area contributed by atoms with E-state index < -0.39 is 0 Å². The second-order valence-corrected chi connectivity index (χ2v) is 9.74. The Kier molecular flexibility index (Phi) is 5.46. The van der Waals surface area contributed by atoms with E-state index in [0.717, 1.165) is 29.1 Å². The maximum atomic E-state index is 13.0. The number of benzene rings is 1. The van der Waals surface area contributed by atoms with E-state index in [1.807, 2.05) is 41.5 Å². The van der Waals surface area contributed by atoms with Crippen LogP contribution in [0.5, 0.6) is 0 Å². The number of piperidine rings is 2. The molecule has 0 aliphatic carbocycles. The minimum absolute atomic E-state index is 0.00564. The monoisotopic (exact) mass is 423 g/mol. The highest BCUT2D eigenvalue weighted by molar-refractivity contribution is 5.94. The van der Waals surface area contributed by atoms with Crippen LogP contribution in [0.2, 0.25) is 0 Å². The summed E-state index contributed by atoms with van der Waals surface area (Å²) in [5, 5.41) is 2.94. The van der Waals surface area contributed by atoms with Crippen molar-refractivity contribution in [3.05, 3.63) is 24.0 Å². The normalized spacial score (nSPS) is 24.4. The Bertz CT molecular complexity index is 995. The molecule has 1 aromatic carbocycles. The number of fused-ring (bicyclic) bond motifs is 4. The number of aromatic nitrogens is 2. The average molecular weight is 424 g/mol. The molecule has 1 aromatic heterocycles. The fourth-order valence-electron chi connectivity index (χ4n) is 5.57. The summed E-state index contributed by atoms with van der Waals surface area (Å²) in [5.41, 5.74) is 2.55. The summed E-state index contributed by atoms with van der Waals surface area (Å²) in [6.07, 6.45) is 6.37. The Balaban J connectivity index is 1.34. The molecule has 31 heavy (non-hydrogen) atoms. The zero-order chi connectivity index (χ0) is 21.5. The van der Waals surface area contributed by atoms with Crippen LogP contribution in [0, 0.1) is 11.8 Å². The highest BCUT2D eigenvalue weighted by Crippen LogP contribution is 2.32. The second-order valence-electron chi connectivity index (χ2n) is 9.74. The van der Waals surface area contributed by atoms with Crippen LogP contribution >= 0.6 is 0 Å². The lowest BCUT2D eigenvalue weighted by molar-refractivity contribution is -0.135. The van der Waals surface area contributed by atoms with Crippen LogP contribution in [0.15, 0.2) is 18.2 Å². The van der Waals surface area contributed by atoms with Gasteiger partial charge < -0.3 is 19.7 Å². The maximum absolute atomic E-state index is 13.0. The summed E-state index contributed by atoms with van der Waals surface area (Å²) < 4.78 is 2.04. The molecule has 5 rings (SSSR count). The van der Waals surface area contributed by atoms with Crippen molar-refractivity contribution in [3.63, 3.8) is 0 Å². The van der Waals surface area contributed by atoms with Gasteiger partial charge in [0.05, 0.1) is 17.6 Å². The Labute approximate surface area is 183 Å². The first-order chi connectivity index (χ1) is 15.0. The van der Waals surface area contributed by atoms with E-state index in [-0.39, 0.29) is 17.7 Å². The first-order valence-electron chi connectivity index (χ1n) is 11.8. The lowest BCUT2D eigenvalue weighted by atomic mass is 9.83. The Hall–Kier alpha value is -2.41. The molecule has 0 bridgehead atoms. The first-order valence-corrected chi connectivity index (χ1v) is 11.8. The standard InChI is InChI=1S/C24H33N5O2/c1-16(2)24(31)25-18-8-9-21-19(12-18)26-22-14-28(23(30)15-29(21)22)13-17-6-5-11-27-10-4-3-7-20(17)27/h8-9,12,16-17,20H,3-7,10-11,13-15H2,1-2H3,(H,25,31)/t17-,20+/m0/s1. The molecule has 3 aliphatic heterocycles. The molecule has 0 unspecified atom stereocenters. The van der Waals surface area contributed by atoms with Gasteiger partial charge in [0, 0.05) is 24.2 Å². The number of anilines is 1. The second kappa shape index (κ2) is 8.26. The van der Waals surface area contributed by atoms with Crippen LogP contribution in [-0.4, -0.2) is 56.8 Å². The molecular formula is C24H33N5O2. The predicted molar refractivity (Wildman–Crippen MR) is 121 cm³/mol. The van der Waals surface area contributed by atoms with E-state index in [1.165, 1.54) is 45.2 Å². The van der Waals surface area contributed by atoms with Gasteiger partial charge in [-0.25, -0.2) is 4.98 Å². The number of nitrogens with one attached hydrogen (secondary N) is 1. The van der Waals surface area contributed by atoms with E-state index in [4.69, 9.17) is 4.98 Å². The third-order valence-electron chi connectivity index (χ3n) is 7.28. The third kappa shape index (κ3) is 3.95. The summed E-state index contributed by atoms with van der Waals surface area (Å²) in [6, 6.07) is 6.42. The first kappa shape index (κ1) is 20.5. The van der Waals surface area contributed by atoms with E-state index in [2.05, 4.69) is 10.2 Å². The number of amides is 2. The van der Waals surface area contributed by atoms with Crippen molar-refractivity contribution >= 4 is 28.5 Å². The zero-order valence-electron chi connectivity index (χ0n) is 18.6. The van der Waals surface area contributed by atoms with E-state index in [9.17, 15) is 9.59 Å². The van der Waals surface area contributed by atoms with Gasteiger partial charge in [-0.1, -0.05) is 20.3 Å². The largest absolute Gasteiger partial charge is 0.333 e. The van der Waals surface area contributed by atoms with Crippen molar-refractivity contribution in [1.82, 2.24) is 19.4 Å². The van der Waals surface area contributed by atoms with Gasteiger partial charge in [0.25, 0.3) is 0 Å². The van der Waals surface area contributed by atoms with Crippen LogP contribution in [-0.2, 0) is 22.7 Å². The van der Waals surface area contributed by atoms with Crippen molar-refractivity contribution in [3.8, 4) is 0 Å². The highest BCUT2D eigenvalue weighted by Gasteiger charge is 2.36. The molecule has 3 aliphatic rings. The summed E-state index contributed by atoms with van der Waals surface area (Å²) in [5.74, 6) is 1.63. The summed E-state index contributed by atoms with van der Waals surface area (Å²) >= 11 is 0. The number of hydrogen-bond acceptors (Lipinski definition) is 4. The Morgan fingerprint density at radius 2 is 2.00 bits per heavy atom. The van der Waals surface area contributed by atoms with Crippen LogP contribution in [0.4, 0.5) is 5.69 Å². The zero-order valence-corrected chi connectivity index (χ0v) is 18.6.